The van der Waals surface area contributed by atoms with Crippen LogP contribution in [0.25, 0.3) is 6.08 Å². The van der Waals surface area contributed by atoms with E-state index in [0.717, 1.165) is 7.11 Å². The van der Waals surface area contributed by atoms with Crippen LogP contribution in [0.5, 0.6) is 0 Å². The van der Waals surface area contributed by atoms with Crippen LogP contribution in [0.15, 0.2) is 36.4 Å². The van der Waals surface area contributed by atoms with E-state index in [1.807, 2.05) is 57.2 Å². The summed E-state index contributed by atoms with van der Waals surface area (Å²) in [6, 6.07) is 10.3. The monoisotopic (exact) mass is 289 g/mol. The van der Waals surface area contributed by atoms with E-state index in [1.165, 1.54) is 5.56 Å². The molecule has 0 bridgehead atoms. The number of nitrogens with zero attached hydrogens (tertiary/aromatic N) is 1. The van der Waals surface area contributed by atoms with Crippen LogP contribution in [0.2, 0.25) is 0 Å². The third-order valence-electron chi connectivity index (χ3n) is 1.37. The van der Waals surface area contributed by atoms with E-state index in [-0.39, 0.29) is 0 Å². The molecule has 0 unspecified atom stereocenters. The summed E-state index contributed by atoms with van der Waals surface area (Å²) in [6.45, 7) is 2.02. The fraction of sp³-hybridized carbons (Fsp3) is 0.385. The van der Waals surface area contributed by atoms with Crippen molar-refractivity contribution in [1.82, 2.24) is 4.90 Å². The molecule has 0 aliphatic heterocycles. The molecule has 5 nitrogen and oxygen atoms in total. The van der Waals surface area contributed by atoms with E-state index in [1.54, 1.807) is 0 Å². The van der Waals surface area contributed by atoms with Crippen molar-refractivity contribution in [2.45, 2.75) is 6.92 Å². The third-order valence-corrected chi connectivity index (χ3v) is 1.79. The molecule has 0 fully saturated rings. The summed E-state index contributed by atoms with van der Waals surface area (Å²) in [5, 5.41) is 0. The Morgan fingerprint density at radius 2 is 1.53 bits per heavy atom. The quantitative estimate of drug-likeness (QED) is 0.846. The highest BCUT2D eigenvalue weighted by atomic mass is 32.3. The molecule has 6 heteroatoms. The number of hydrogen-bond donors (Lipinski definition) is 1. The molecule has 0 radical (unpaired) electrons. The van der Waals surface area contributed by atoms with Gasteiger partial charge in [-0.05, 0) is 33.6 Å². The smallest absolute Gasteiger partial charge is 0.312 e. The van der Waals surface area contributed by atoms with Gasteiger partial charge in [-0.2, -0.15) is 8.42 Å². The van der Waals surface area contributed by atoms with Gasteiger partial charge < -0.3 is 4.90 Å². The summed E-state index contributed by atoms with van der Waals surface area (Å²) in [4.78, 5) is 2.00. The molecular weight excluding hydrogens is 266 g/mol. The van der Waals surface area contributed by atoms with Crippen LogP contribution >= 0.6 is 0 Å². The molecule has 1 N–H and O–H groups in total. The van der Waals surface area contributed by atoms with Gasteiger partial charge in [0.2, 0.25) is 0 Å². The Morgan fingerprint density at radius 3 is 1.79 bits per heavy atom. The predicted molar refractivity (Wildman–Crippen MR) is 79.3 cm³/mol. The minimum absolute atomic E-state index is 0.870. The lowest BCUT2D eigenvalue weighted by Crippen LogP contribution is -1.99. The van der Waals surface area contributed by atoms with Gasteiger partial charge in [-0.15, -0.1) is 0 Å². The molecule has 110 valence electrons. The Labute approximate surface area is 116 Å². The maximum atomic E-state index is 9.33. The van der Waals surface area contributed by atoms with Gasteiger partial charge in [-0.25, -0.2) is 0 Å². The number of benzene rings is 1. The van der Waals surface area contributed by atoms with E-state index in [2.05, 4.69) is 22.4 Å². The SMILES string of the molecule is CC=Cc1ccccc1.CN(C)C.COS(=O)(=O)O. The minimum Gasteiger partial charge on any atom is -0.312 e. The summed E-state index contributed by atoms with van der Waals surface area (Å²) in [5.74, 6) is 0. The molecule has 0 aromatic heterocycles. The van der Waals surface area contributed by atoms with Crippen molar-refractivity contribution in [1.29, 1.82) is 0 Å². The standard InChI is InChI=1S/C9H10.C3H9N.CH4O4S/c1-2-6-9-7-4-3-5-8-9;1-4(2)3;1-5-6(2,3)4/h2-8H,1H3;1-3H3;1H3,(H,2,3,4). The second-order valence-electron chi connectivity index (χ2n) is 3.85. The van der Waals surface area contributed by atoms with Crippen molar-refractivity contribution in [3.8, 4) is 0 Å². The third kappa shape index (κ3) is 22.5. The molecular formula is C13H23NO4S. The summed E-state index contributed by atoms with van der Waals surface area (Å²) >= 11 is 0. The van der Waals surface area contributed by atoms with Crippen LogP contribution in [-0.4, -0.2) is 46.1 Å². The Hall–Kier alpha value is -1.21. The van der Waals surface area contributed by atoms with E-state index >= 15 is 0 Å². The molecule has 0 saturated heterocycles. The zero-order chi connectivity index (χ0) is 15.3. The Kier molecular flexibility index (Phi) is 12.6. The zero-order valence-electron chi connectivity index (χ0n) is 12.1. The molecule has 0 saturated carbocycles. The maximum Gasteiger partial charge on any atom is 0.397 e. The molecule has 1 aromatic rings. The maximum absolute atomic E-state index is 9.33. The van der Waals surface area contributed by atoms with Crippen LogP contribution in [0.1, 0.15) is 12.5 Å². The normalized spacial score (nSPS) is 10.5. The van der Waals surface area contributed by atoms with Gasteiger partial charge in [0.25, 0.3) is 0 Å². The van der Waals surface area contributed by atoms with Crippen LogP contribution in [0, 0.1) is 0 Å². The van der Waals surface area contributed by atoms with Crippen molar-refractivity contribution in [3.63, 3.8) is 0 Å². The second-order valence-corrected chi connectivity index (χ2v) is 5.04. The van der Waals surface area contributed by atoms with Crippen molar-refractivity contribution >= 4 is 16.5 Å². The second kappa shape index (κ2) is 11.9. The van der Waals surface area contributed by atoms with Gasteiger partial charge >= 0.3 is 10.4 Å². The molecule has 0 aliphatic rings. The van der Waals surface area contributed by atoms with E-state index < -0.39 is 10.4 Å². The Balaban J connectivity index is 0. The fourth-order valence-electron chi connectivity index (χ4n) is 0.757. The lowest BCUT2D eigenvalue weighted by molar-refractivity contribution is 0.324. The lowest BCUT2D eigenvalue weighted by Gasteiger charge is -1.90. The summed E-state index contributed by atoms with van der Waals surface area (Å²) in [5.41, 5.74) is 1.26. The molecule has 0 atom stereocenters. The minimum atomic E-state index is -4.16. The van der Waals surface area contributed by atoms with Crippen LogP contribution in [0.4, 0.5) is 0 Å². The topological polar surface area (TPSA) is 66.8 Å². The highest BCUT2D eigenvalue weighted by molar-refractivity contribution is 7.80. The molecule has 1 rings (SSSR count). The molecule has 0 aliphatic carbocycles. The summed E-state index contributed by atoms with van der Waals surface area (Å²) in [7, 11) is 2.71. The predicted octanol–water partition coefficient (Wildman–Crippen LogP) is 2.33. The highest BCUT2D eigenvalue weighted by Crippen LogP contribution is 1.99. The Morgan fingerprint density at radius 1 is 1.16 bits per heavy atom. The van der Waals surface area contributed by atoms with Gasteiger partial charge in [0.05, 0.1) is 7.11 Å². The average molecular weight is 289 g/mol. The summed E-state index contributed by atoms with van der Waals surface area (Å²) < 4.78 is 29.7. The first kappa shape index (κ1) is 20.1. The molecule has 0 amide bonds. The molecule has 1 aromatic carbocycles. The molecule has 0 heterocycles. The van der Waals surface area contributed by atoms with Gasteiger partial charge in [-0.3, -0.25) is 8.74 Å². The summed E-state index contributed by atoms with van der Waals surface area (Å²) in [6.07, 6.45) is 4.12. The van der Waals surface area contributed by atoms with Gasteiger partial charge in [0.15, 0.2) is 0 Å². The van der Waals surface area contributed by atoms with E-state index in [4.69, 9.17) is 4.55 Å². The number of allylic oxidation sites excluding steroid dienone is 1. The first-order valence-corrected chi connectivity index (χ1v) is 6.91. The van der Waals surface area contributed by atoms with Gasteiger partial charge in [0.1, 0.15) is 0 Å². The molecule has 19 heavy (non-hydrogen) atoms. The van der Waals surface area contributed by atoms with Gasteiger partial charge in [-0.1, -0.05) is 42.5 Å². The average Bonchev–Trinajstić information content (AvgIpc) is 2.30. The van der Waals surface area contributed by atoms with Crippen LogP contribution < -0.4 is 0 Å². The first-order chi connectivity index (χ1) is 8.72. The number of rotatable bonds is 2. The van der Waals surface area contributed by atoms with Crippen molar-refractivity contribution in [2.24, 2.45) is 0 Å². The zero-order valence-corrected chi connectivity index (χ0v) is 12.9. The van der Waals surface area contributed by atoms with Crippen molar-refractivity contribution in [3.05, 3.63) is 42.0 Å². The fourth-order valence-corrected chi connectivity index (χ4v) is 0.757. The largest absolute Gasteiger partial charge is 0.397 e. The highest BCUT2D eigenvalue weighted by Gasteiger charge is 1.94. The van der Waals surface area contributed by atoms with E-state index in [0.29, 0.717) is 0 Å². The van der Waals surface area contributed by atoms with E-state index in [9.17, 15) is 8.42 Å². The van der Waals surface area contributed by atoms with Gasteiger partial charge in [0, 0.05) is 0 Å². The Bertz CT molecular complexity index is 424. The van der Waals surface area contributed by atoms with Crippen molar-refractivity contribution in [2.75, 3.05) is 28.3 Å². The lowest BCUT2D eigenvalue weighted by atomic mass is 10.2. The first-order valence-electron chi connectivity index (χ1n) is 5.54. The van der Waals surface area contributed by atoms with Crippen molar-refractivity contribution < 1.29 is 17.2 Å². The van der Waals surface area contributed by atoms with Crippen LogP contribution in [-0.2, 0) is 14.6 Å². The van der Waals surface area contributed by atoms with Crippen LogP contribution in [0.3, 0.4) is 0 Å². The number of hydrogen-bond acceptors (Lipinski definition) is 4. The molecule has 0 spiro atoms.